The molecule has 2 rings (SSSR count). The van der Waals surface area contributed by atoms with Gasteiger partial charge in [0, 0.05) is 19.0 Å². The molecule has 0 radical (unpaired) electrons. The van der Waals surface area contributed by atoms with Crippen molar-refractivity contribution in [3.05, 3.63) is 0 Å². The number of carbonyl (C=O) groups excluding carboxylic acids is 1. The second-order valence-corrected chi connectivity index (χ2v) is 6.43. The molecule has 0 aromatic carbocycles. The molecular formula is C14H24N2O2S. The van der Waals surface area contributed by atoms with Gasteiger partial charge < -0.3 is 15.4 Å². The highest BCUT2D eigenvalue weighted by Crippen LogP contribution is 2.36. The number of hydrogen-bond acceptors (Lipinski definition) is 3. The Morgan fingerprint density at radius 2 is 1.95 bits per heavy atom. The van der Waals surface area contributed by atoms with Crippen LogP contribution in [-0.4, -0.2) is 40.6 Å². The average Bonchev–Trinajstić information content (AvgIpc) is 3.09. The fourth-order valence-electron chi connectivity index (χ4n) is 2.97. The van der Waals surface area contributed by atoms with Crippen molar-refractivity contribution in [3.63, 3.8) is 0 Å². The summed E-state index contributed by atoms with van der Waals surface area (Å²) in [5, 5.41) is 0. The van der Waals surface area contributed by atoms with Crippen molar-refractivity contribution < 1.29 is 9.53 Å². The van der Waals surface area contributed by atoms with Crippen molar-refractivity contribution in [2.45, 2.75) is 58.3 Å². The van der Waals surface area contributed by atoms with E-state index in [4.69, 9.17) is 22.7 Å². The summed E-state index contributed by atoms with van der Waals surface area (Å²) in [7, 11) is 0. The number of hydrogen-bond donors (Lipinski definition) is 1. The van der Waals surface area contributed by atoms with Crippen molar-refractivity contribution in [2.24, 2.45) is 17.6 Å². The lowest BCUT2D eigenvalue weighted by Gasteiger charge is -2.28. The molecule has 0 spiro atoms. The number of nitrogens with zero attached hydrogens (tertiary/aromatic N) is 1. The molecule has 0 bridgehead atoms. The lowest BCUT2D eigenvalue weighted by atomic mass is 9.88. The molecular weight excluding hydrogens is 260 g/mol. The van der Waals surface area contributed by atoms with Crippen LogP contribution in [0.4, 0.5) is 0 Å². The predicted molar refractivity (Wildman–Crippen MR) is 78.8 cm³/mol. The maximum atomic E-state index is 12.8. The topological polar surface area (TPSA) is 55.6 Å². The Morgan fingerprint density at radius 1 is 1.32 bits per heavy atom. The SMILES string of the molecule is CC1OC(C)C(C(=O)N(CCC(N)=S)C2CC2)C1C. The van der Waals surface area contributed by atoms with Crippen molar-refractivity contribution in [2.75, 3.05) is 6.54 Å². The second-order valence-electron chi connectivity index (χ2n) is 5.91. The van der Waals surface area contributed by atoms with E-state index in [9.17, 15) is 4.79 Å². The Morgan fingerprint density at radius 3 is 2.37 bits per heavy atom. The van der Waals surface area contributed by atoms with E-state index in [1.807, 2.05) is 18.7 Å². The van der Waals surface area contributed by atoms with Crippen LogP contribution in [0.5, 0.6) is 0 Å². The molecule has 0 aromatic heterocycles. The van der Waals surface area contributed by atoms with E-state index >= 15 is 0 Å². The quantitative estimate of drug-likeness (QED) is 0.781. The Kier molecular flexibility index (Phi) is 4.46. The van der Waals surface area contributed by atoms with Crippen LogP contribution in [-0.2, 0) is 9.53 Å². The first-order valence-corrected chi connectivity index (χ1v) is 7.57. The summed E-state index contributed by atoms with van der Waals surface area (Å²) in [5.41, 5.74) is 5.56. The summed E-state index contributed by atoms with van der Waals surface area (Å²) in [6, 6.07) is 0.400. The summed E-state index contributed by atoms with van der Waals surface area (Å²) in [4.78, 5) is 15.2. The molecule has 4 nitrogen and oxygen atoms in total. The zero-order valence-electron chi connectivity index (χ0n) is 12.0. The Bertz CT molecular complexity index is 370. The molecule has 19 heavy (non-hydrogen) atoms. The maximum Gasteiger partial charge on any atom is 0.228 e. The third kappa shape index (κ3) is 3.26. The fraction of sp³-hybridized carbons (Fsp3) is 0.857. The van der Waals surface area contributed by atoms with Gasteiger partial charge in [0.1, 0.15) is 0 Å². The van der Waals surface area contributed by atoms with Gasteiger partial charge in [0.15, 0.2) is 0 Å². The summed E-state index contributed by atoms with van der Waals surface area (Å²) in [5.74, 6) is 0.471. The third-order valence-electron chi connectivity index (χ3n) is 4.40. The van der Waals surface area contributed by atoms with Gasteiger partial charge in [-0.3, -0.25) is 4.79 Å². The number of rotatable bonds is 5. The van der Waals surface area contributed by atoms with Crippen LogP contribution in [0.2, 0.25) is 0 Å². The molecule has 1 amide bonds. The van der Waals surface area contributed by atoms with E-state index < -0.39 is 0 Å². The van der Waals surface area contributed by atoms with Gasteiger partial charge in [-0.25, -0.2) is 0 Å². The molecule has 5 heteroatoms. The summed E-state index contributed by atoms with van der Waals surface area (Å²) < 4.78 is 5.79. The van der Waals surface area contributed by atoms with Gasteiger partial charge in [0.05, 0.1) is 23.1 Å². The van der Waals surface area contributed by atoms with Gasteiger partial charge in [-0.2, -0.15) is 0 Å². The molecule has 1 saturated heterocycles. The van der Waals surface area contributed by atoms with E-state index in [1.165, 1.54) is 0 Å². The molecule has 2 N–H and O–H groups in total. The van der Waals surface area contributed by atoms with E-state index in [1.54, 1.807) is 0 Å². The predicted octanol–water partition coefficient (Wildman–Crippen LogP) is 1.71. The minimum absolute atomic E-state index is 0.00331. The first kappa shape index (κ1) is 14.7. The molecule has 1 aliphatic heterocycles. The largest absolute Gasteiger partial charge is 0.393 e. The van der Waals surface area contributed by atoms with Crippen molar-refractivity contribution in [1.82, 2.24) is 4.90 Å². The molecule has 4 atom stereocenters. The molecule has 1 aliphatic carbocycles. The van der Waals surface area contributed by atoms with Gasteiger partial charge >= 0.3 is 0 Å². The fourth-order valence-corrected chi connectivity index (χ4v) is 3.06. The first-order chi connectivity index (χ1) is 8.91. The van der Waals surface area contributed by atoms with Gasteiger partial charge in [0.2, 0.25) is 5.91 Å². The van der Waals surface area contributed by atoms with Gasteiger partial charge in [-0.05, 0) is 32.6 Å². The van der Waals surface area contributed by atoms with Crippen LogP contribution in [0.1, 0.15) is 40.0 Å². The van der Waals surface area contributed by atoms with Gasteiger partial charge in [-0.1, -0.05) is 19.1 Å². The lowest BCUT2D eigenvalue weighted by molar-refractivity contribution is -0.138. The minimum atomic E-state index is -0.0260. The van der Waals surface area contributed by atoms with Crippen LogP contribution in [0, 0.1) is 11.8 Å². The summed E-state index contributed by atoms with van der Waals surface area (Å²) >= 11 is 4.92. The molecule has 0 aromatic rings. The summed E-state index contributed by atoms with van der Waals surface area (Å²) in [6.45, 7) is 6.81. The molecule has 108 valence electrons. The second kappa shape index (κ2) is 5.75. The summed E-state index contributed by atoms with van der Waals surface area (Å²) in [6.07, 6.45) is 2.98. The van der Waals surface area contributed by atoms with E-state index in [-0.39, 0.29) is 30.0 Å². The van der Waals surface area contributed by atoms with Crippen molar-refractivity contribution >= 4 is 23.1 Å². The Hall–Kier alpha value is -0.680. The van der Waals surface area contributed by atoms with Crippen LogP contribution < -0.4 is 5.73 Å². The lowest BCUT2D eigenvalue weighted by Crippen LogP contribution is -2.43. The number of ether oxygens (including phenoxy) is 1. The number of carbonyl (C=O) groups is 1. The Balaban J connectivity index is 2.04. The monoisotopic (exact) mass is 284 g/mol. The smallest absolute Gasteiger partial charge is 0.228 e. The van der Waals surface area contributed by atoms with Crippen LogP contribution in [0.3, 0.4) is 0 Å². The van der Waals surface area contributed by atoms with Gasteiger partial charge in [-0.15, -0.1) is 0 Å². The van der Waals surface area contributed by atoms with E-state index in [2.05, 4.69) is 6.92 Å². The number of nitrogens with two attached hydrogens (primary N) is 1. The van der Waals surface area contributed by atoms with E-state index in [0.717, 1.165) is 12.8 Å². The number of thiocarbonyl (C=S) groups is 1. The zero-order valence-corrected chi connectivity index (χ0v) is 12.8. The third-order valence-corrected chi connectivity index (χ3v) is 4.60. The molecule has 2 fully saturated rings. The highest BCUT2D eigenvalue weighted by Gasteiger charge is 2.45. The maximum absolute atomic E-state index is 12.8. The standard InChI is InChI=1S/C14H24N2O2S/c1-8-9(2)18-10(3)13(8)14(17)16(11-4-5-11)7-6-12(15)19/h8-11,13H,4-7H2,1-3H3,(H2,15,19). The average molecular weight is 284 g/mol. The molecule has 1 heterocycles. The molecule has 2 aliphatic rings. The zero-order chi connectivity index (χ0) is 14.2. The van der Waals surface area contributed by atoms with Gasteiger partial charge in [0.25, 0.3) is 0 Å². The van der Waals surface area contributed by atoms with Crippen LogP contribution in [0.25, 0.3) is 0 Å². The van der Waals surface area contributed by atoms with Crippen molar-refractivity contribution in [1.29, 1.82) is 0 Å². The molecule has 1 saturated carbocycles. The first-order valence-electron chi connectivity index (χ1n) is 7.16. The van der Waals surface area contributed by atoms with Crippen molar-refractivity contribution in [3.8, 4) is 0 Å². The number of amides is 1. The minimum Gasteiger partial charge on any atom is -0.393 e. The van der Waals surface area contributed by atoms with Crippen LogP contribution >= 0.6 is 12.2 Å². The Labute approximate surface area is 120 Å². The highest BCUT2D eigenvalue weighted by atomic mass is 32.1. The van der Waals surface area contributed by atoms with Crippen LogP contribution in [0.15, 0.2) is 0 Å². The normalized spacial score (nSPS) is 34.3. The van der Waals surface area contributed by atoms with E-state index in [0.29, 0.717) is 24.0 Å². The highest BCUT2D eigenvalue weighted by molar-refractivity contribution is 7.80. The molecule has 4 unspecified atom stereocenters.